The Labute approximate surface area is 129 Å². The number of fused-ring (bicyclic) bond motifs is 3. The first-order chi connectivity index (χ1) is 10.6. The Morgan fingerprint density at radius 1 is 1.18 bits per heavy atom. The minimum atomic E-state index is -1.40. The van der Waals surface area contributed by atoms with E-state index in [4.69, 9.17) is 9.47 Å². The van der Waals surface area contributed by atoms with Crippen molar-refractivity contribution in [1.82, 2.24) is 0 Å². The molecule has 0 spiro atoms. The van der Waals surface area contributed by atoms with E-state index in [2.05, 4.69) is 0 Å². The molecule has 0 bridgehead atoms. The van der Waals surface area contributed by atoms with Gasteiger partial charge in [0.25, 0.3) is 0 Å². The van der Waals surface area contributed by atoms with Crippen LogP contribution in [-0.2, 0) is 15.1 Å². The molecule has 0 saturated carbocycles. The van der Waals surface area contributed by atoms with E-state index in [9.17, 15) is 9.90 Å². The molecule has 0 saturated heterocycles. The zero-order chi connectivity index (χ0) is 15.7. The molecule has 2 aromatic rings. The quantitative estimate of drug-likeness (QED) is 0.885. The summed E-state index contributed by atoms with van der Waals surface area (Å²) in [6, 6.07) is 15.2. The third-order valence-corrected chi connectivity index (χ3v) is 3.99. The zero-order valence-electron chi connectivity index (χ0n) is 12.6. The summed E-state index contributed by atoms with van der Waals surface area (Å²) < 4.78 is 11.0. The summed E-state index contributed by atoms with van der Waals surface area (Å²) in [6.07, 6.45) is -1.40. The molecule has 2 aromatic carbocycles. The number of hydrogen-bond acceptors (Lipinski definition) is 4. The van der Waals surface area contributed by atoms with Gasteiger partial charge in [0.15, 0.2) is 11.7 Å². The van der Waals surface area contributed by atoms with Crippen molar-refractivity contribution in [1.29, 1.82) is 0 Å². The van der Waals surface area contributed by atoms with Crippen molar-refractivity contribution < 1.29 is 19.4 Å². The second kappa shape index (κ2) is 5.46. The van der Waals surface area contributed by atoms with Crippen molar-refractivity contribution in [2.45, 2.75) is 25.6 Å². The van der Waals surface area contributed by atoms with Gasteiger partial charge >= 0.3 is 5.97 Å². The van der Waals surface area contributed by atoms with Crippen molar-refractivity contribution in [3.05, 3.63) is 54.1 Å². The normalized spacial score (nSPS) is 20.3. The number of esters is 1. The number of carbonyl (C=O) groups excluding carboxylic acids is 1. The van der Waals surface area contributed by atoms with Crippen LogP contribution >= 0.6 is 0 Å². The van der Waals surface area contributed by atoms with Crippen molar-refractivity contribution in [2.75, 3.05) is 6.61 Å². The summed E-state index contributed by atoms with van der Waals surface area (Å²) in [5.41, 5.74) is 1.49. The monoisotopic (exact) mass is 298 g/mol. The van der Waals surface area contributed by atoms with Crippen LogP contribution in [-0.4, -0.2) is 23.8 Å². The first kappa shape index (κ1) is 14.6. The smallest absolute Gasteiger partial charge is 0.339 e. The number of aliphatic hydroxyl groups excluding tert-OH is 1. The van der Waals surface area contributed by atoms with Gasteiger partial charge in [-0.1, -0.05) is 42.5 Å². The fourth-order valence-corrected chi connectivity index (χ4v) is 2.86. The Morgan fingerprint density at radius 3 is 2.55 bits per heavy atom. The van der Waals surface area contributed by atoms with Gasteiger partial charge in [-0.05, 0) is 25.5 Å². The molecule has 1 aliphatic rings. The van der Waals surface area contributed by atoms with Gasteiger partial charge in [-0.3, -0.25) is 0 Å². The van der Waals surface area contributed by atoms with Crippen molar-refractivity contribution in [3.63, 3.8) is 0 Å². The number of carbonyl (C=O) groups is 1. The number of hydrogen-bond donors (Lipinski definition) is 1. The van der Waals surface area contributed by atoms with Crippen LogP contribution in [0.3, 0.4) is 0 Å². The molecule has 114 valence electrons. The third-order valence-electron chi connectivity index (χ3n) is 3.99. The number of benzene rings is 2. The van der Waals surface area contributed by atoms with Crippen LogP contribution in [0.4, 0.5) is 0 Å². The van der Waals surface area contributed by atoms with Crippen molar-refractivity contribution in [3.8, 4) is 16.9 Å². The summed E-state index contributed by atoms with van der Waals surface area (Å²) in [5, 5.41) is 10.5. The van der Waals surface area contributed by atoms with E-state index < -0.39 is 17.7 Å². The lowest BCUT2D eigenvalue weighted by molar-refractivity contribution is -0.166. The van der Waals surface area contributed by atoms with Gasteiger partial charge < -0.3 is 14.6 Å². The Kier molecular flexibility index (Phi) is 3.62. The molecule has 0 aliphatic carbocycles. The van der Waals surface area contributed by atoms with Crippen LogP contribution < -0.4 is 4.74 Å². The van der Waals surface area contributed by atoms with E-state index in [0.717, 1.165) is 16.7 Å². The second-order valence-electron chi connectivity index (χ2n) is 5.41. The zero-order valence-corrected chi connectivity index (χ0v) is 12.6. The van der Waals surface area contributed by atoms with Gasteiger partial charge in [0, 0.05) is 11.1 Å². The molecule has 4 heteroatoms. The SMILES string of the molecule is CCOC(=O)C(O)C1(C)Oc2ccccc2-c2ccccc21. The maximum absolute atomic E-state index is 12.0. The molecule has 4 nitrogen and oxygen atoms in total. The number of rotatable bonds is 3. The molecule has 3 rings (SSSR count). The number of aliphatic hydroxyl groups is 1. The van der Waals surface area contributed by atoms with Crippen LogP contribution in [0, 0.1) is 0 Å². The van der Waals surface area contributed by atoms with Gasteiger partial charge in [0.1, 0.15) is 5.75 Å². The second-order valence-corrected chi connectivity index (χ2v) is 5.41. The maximum atomic E-state index is 12.0. The lowest BCUT2D eigenvalue weighted by Gasteiger charge is -2.39. The third kappa shape index (κ3) is 2.16. The topological polar surface area (TPSA) is 55.8 Å². The Bertz CT molecular complexity index is 710. The molecule has 1 N–H and O–H groups in total. The fraction of sp³-hybridized carbons (Fsp3) is 0.278. The molecule has 0 amide bonds. The van der Waals surface area contributed by atoms with E-state index in [-0.39, 0.29) is 6.61 Å². The Balaban J connectivity index is 2.13. The fourth-order valence-electron chi connectivity index (χ4n) is 2.86. The molecule has 22 heavy (non-hydrogen) atoms. The van der Waals surface area contributed by atoms with Crippen LogP contribution in [0.5, 0.6) is 5.75 Å². The average molecular weight is 298 g/mol. The predicted octanol–water partition coefficient (Wildman–Crippen LogP) is 2.89. The van der Waals surface area contributed by atoms with Crippen molar-refractivity contribution in [2.24, 2.45) is 0 Å². The van der Waals surface area contributed by atoms with Gasteiger partial charge in [0.2, 0.25) is 0 Å². The minimum absolute atomic E-state index is 0.213. The van der Waals surface area contributed by atoms with Gasteiger partial charge in [-0.25, -0.2) is 4.79 Å². The summed E-state index contributed by atoms with van der Waals surface area (Å²) in [5.74, 6) is -0.0359. The highest BCUT2D eigenvalue weighted by Gasteiger charge is 2.46. The summed E-state index contributed by atoms with van der Waals surface area (Å²) in [6.45, 7) is 3.63. The van der Waals surface area contributed by atoms with Crippen LogP contribution in [0.15, 0.2) is 48.5 Å². The highest BCUT2D eigenvalue weighted by atomic mass is 16.6. The van der Waals surface area contributed by atoms with E-state index in [0.29, 0.717) is 5.75 Å². The molecule has 0 fully saturated rings. The molecule has 1 aliphatic heterocycles. The van der Waals surface area contributed by atoms with E-state index in [1.165, 1.54) is 0 Å². The highest BCUT2D eigenvalue weighted by molar-refractivity contribution is 5.81. The standard InChI is InChI=1S/C18H18O4/c1-3-21-17(20)16(19)18(2)14-10-6-4-8-12(14)13-9-5-7-11-15(13)22-18/h4-11,16,19H,3H2,1-2H3. The average Bonchev–Trinajstić information content (AvgIpc) is 2.54. The Hall–Kier alpha value is -2.33. The van der Waals surface area contributed by atoms with E-state index in [1.54, 1.807) is 13.8 Å². The number of ether oxygens (including phenoxy) is 2. The lowest BCUT2D eigenvalue weighted by atomic mass is 9.81. The molecule has 0 radical (unpaired) electrons. The van der Waals surface area contributed by atoms with Crippen LogP contribution in [0.2, 0.25) is 0 Å². The van der Waals surface area contributed by atoms with Crippen LogP contribution in [0.25, 0.3) is 11.1 Å². The predicted molar refractivity (Wildman–Crippen MR) is 82.5 cm³/mol. The summed E-state index contributed by atoms with van der Waals surface area (Å²) in [4.78, 5) is 12.0. The molecule has 1 heterocycles. The van der Waals surface area contributed by atoms with Crippen LogP contribution in [0.1, 0.15) is 19.4 Å². The molecular weight excluding hydrogens is 280 g/mol. The van der Waals surface area contributed by atoms with Crippen molar-refractivity contribution >= 4 is 5.97 Å². The largest absolute Gasteiger partial charge is 0.479 e. The van der Waals surface area contributed by atoms with E-state index in [1.807, 2.05) is 48.5 Å². The molecule has 0 aromatic heterocycles. The lowest BCUT2D eigenvalue weighted by Crippen LogP contribution is -2.49. The van der Waals surface area contributed by atoms with Gasteiger partial charge in [0.05, 0.1) is 6.61 Å². The van der Waals surface area contributed by atoms with Gasteiger partial charge in [-0.2, -0.15) is 0 Å². The summed E-state index contributed by atoms with van der Waals surface area (Å²) in [7, 11) is 0. The Morgan fingerprint density at radius 2 is 1.82 bits per heavy atom. The molecular formula is C18H18O4. The van der Waals surface area contributed by atoms with E-state index >= 15 is 0 Å². The highest BCUT2D eigenvalue weighted by Crippen LogP contribution is 2.46. The van der Waals surface area contributed by atoms with Gasteiger partial charge in [-0.15, -0.1) is 0 Å². The summed E-state index contributed by atoms with van der Waals surface area (Å²) >= 11 is 0. The minimum Gasteiger partial charge on any atom is -0.479 e. The first-order valence-electron chi connectivity index (χ1n) is 7.30. The number of para-hydroxylation sites is 1. The first-order valence-corrected chi connectivity index (χ1v) is 7.30. The maximum Gasteiger partial charge on any atom is 0.339 e. The molecule has 2 unspecified atom stereocenters. The molecule has 2 atom stereocenters.